The van der Waals surface area contributed by atoms with Crippen LogP contribution in [0.25, 0.3) is 0 Å². The second-order valence-corrected chi connectivity index (χ2v) is 5.54. The molecule has 0 aromatic carbocycles. The molecule has 1 rings (SSSR count). The number of carbonyl (C=O) groups is 1. The van der Waals surface area contributed by atoms with Crippen molar-refractivity contribution in [3.8, 4) is 0 Å². The maximum Gasteiger partial charge on any atom is 0.455 e. The number of aryl methyl sites for hydroxylation is 2. The molecule has 0 aliphatic carbocycles. The summed E-state index contributed by atoms with van der Waals surface area (Å²) >= 11 is 1.77. The third-order valence-corrected chi connectivity index (χ3v) is 3.71. The van der Waals surface area contributed by atoms with Gasteiger partial charge in [0.2, 0.25) is 0 Å². The molecule has 0 aliphatic rings. The quantitative estimate of drug-likeness (QED) is 0.596. The van der Waals surface area contributed by atoms with Gasteiger partial charge in [0.25, 0.3) is 5.78 Å². The summed E-state index contributed by atoms with van der Waals surface area (Å²) in [6.45, 7) is 5.52. The molecular formula is C12H17F3N2OS. The number of Topliss-reactive ketones (excluding diaryl/α,β-unsaturated/α-hetero) is 1. The van der Waals surface area contributed by atoms with E-state index in [4.69, 9.17) is 0 Å². The van der Waals surface area contributed by atoms with Crippen LogP contribution in [0.15, 0.2) is 0 Å². The fourth-order valence-corrected chi connectivity index (χ4v) is 2.47. The van der Waals surface area contributed by atoms with Crippen LogP contribution in [0.3, 0.4) is 0 Å². The summed E-state index contributed by atoms with van der Waals surface area (Å²) in [5.41, 5.74) is 0.125. The number of rotatable bonds is 6. The lowest BCUT2D eigenvalue weighted by Gasteiger charge is -2.06. The number of hydrogen-bond acceptors (Lipinski definition) is 3. The number of hydrogen-bond donors (Lipinski definition) is 0. The van der Waals surface area contributed by atoms with Gasteiger partial charge in [-0.3, -0.25) is 9.48 Å². The van der Waals surface area contributed by atoms with E-state index in [-0.39, 0.29) is 11.3 Å². The Morgan fingerprint density at radius 2 is 2.00 bits per heavy atom. The lowest BCUT2D eigenvalue weighted by Crippen LogP contribution is -2.24. The van der Waals surface area contributed by atoms with Crippen LogP contribution in [-0.2, 0) is 6.54 Å². The van der Waals surface area contributed by atoms with Crippen LogP contribution in [-0.4, -0.2) is 33.2 Å². The van der Waals surface area contributed by atoms with Gasteiger partial charge in [0.1, 0.15) is 0 Å². The predicted octanol–water partition coefficient (Wildman–Crippen LogP) is 3.39. The Kier molecular flexibility index (Phi) is 5.46. The highest BCUT2D eigenvalue weighted by molar-refractivity contribution is 7.99. The van der Waals surface area contributed by atoms with Crippen molar-refractivity contribution in [2.24, 2.45) is 0 Å². The molecule has 0 fully saturated rings. The Bertz CT molecular complexity index is 455. The van der Waals surface area contributed by atoms with E-state index in [1.807, 2.05) is 6.92 Å². The van der Waals surface area contributed by atoms with Crippen molar-refractivity contribution in [1.82, 2.24) is 9.78 Å². The van der Waals surface area contributed by atoms with Crippen LogP contribution in [0.4, 0.5) is 13.2 Å². The summed E-state index contributed by atoms with van der Waals surface area (Å²) in [4.78, 5) is 11.3. The third-order valence-electron chi connectivity index (χ3n) is 2.73. The van der Waals surface area contributed by atoms with Gasteiger partial charge in [0.05, 0.1) is 11.3 Å². The maximum atomic E-state index is 12.5. The second-order valence-electron chi connectivity index (χ2n) is 4.15. The summed E-state index contributed by atoms with van der Waals surface area (Å²) in [6.07, 6.45) is -4.03. The third kappa shape index (κ3) is 3.99. The van der Waals surface area contributed by atoms with Gasteiger partial charge in [-0.25, -0.2) is 0 Å². The minimum atomic E-state index is -4.85. The first kappa shape index (κ1) is 16.1. The minimum absolute atomic E-state index is 0.142. The monoisotopic (exact) mass is 294 g/mol. The molecule has 1 aromatic rings. The number of thioether (sulfide) groups is 1. The van der Waals surface area contributed by atoms with E-state index >= 15 is 0 Å². The number of ketones is 1. The Hall–Kier alpha value is -0.980. The molecule has 1 aromatic heterocycles. The zero-order chi connectivity index (χ0) is 14.6. The topological polar surface area (TPSA) is 34.9 Å². The van der Waals surface area contributed by atoms with Gasteiger partial charge in [-0.05, 0) is 31.8 Å². The first-order valence-corrected chi connectivity index (χ1v) is 7.17. The summed E-state index contributed by atoms with van der Waals surface area (Å²) in [7, 11) is 0. The highest BCUT2D eigenvalue weighted by Gasteiger charge is 2.42. The van der Waals surface area contributed by atoms with E-state index in [9.17, 15) is 18.0 Å². The largest absolute Gasteiger partial charge is 0.455 e. The van der Waals surface area contributed by atoms with Crippen molar-refractivity contribution >= 4 is 17.5 Å². The van der Waals surface area contributed by atoms with Gasteiger partial charge in [-0.2, -0.15) is 30.0 Å². The van der Waals surface area contributed by atoms with Gasteiger partial charge < -0.3 is 0 Å². The van der Waals surface area contributed by atoms with Crippen LogP contribution >= 0.6 is 11.8 Å². The number of alkyl halides is 3. The maximum absolute atomic E-state index is 12.5. The SMILES string of the molecule is CCSCCCn1nc(C)c(C(=O)C(F)(F)F)c1C. The number of aromatic nitrogens is 2. The molecule has 0 radical (unpaired) electrons. The highest BCUT2D eigenvalue weighted by Crippen LogP contribution is 2.25. The molecule has 0 saturated heterocycles. The molecule has 0 spiro atoms. The van der Waals surface area contributed by atoms with E-state index in [2.05, 4.69) is 5.10 Å². The van der Waals surface area contributed by atoms with Crippen LogP contribution in [0.5, 0.6) is 0 Å². The summed E-state index contributed by atoms with van der Waals surface area (Å²) < 4.78 is 38.9. The number of halogens is 3. The highest BCUT2D eigenvalue weighted by atomic mass is 32.2. The van der Waals surface area contributed by atoms with Crippen molar-refractivity contribution in [1.29, 1.82) is 0 Å². The summed E-state index contributed by atoms with van der Waals surface area (Å²) in [5.74, 6) is 0.128. The molecule has 0 bridgehead atoms. The van der Waals surface area contributed by atoms with Gasteiger partial charge in [0, 0.05) is 12.2 Å². The molecule has 0 N–H and O–H groups in total. The Morgan fingerprint density at radius 3 is 2.53 bits per heavy atom. The first-order valence-electron chi connectivity index (χ1n) is 6.02. The van der Waals surface area contributed by atoms with E-state index in [0.29, 0.717) is 12.2 Å². The van der Waals surface area contributed by atoms with Crippen molar-refractivity contribution in [2.45, 2.75) is 39.9 Å². The van der Waals surface area contributed by atoms with Crippen LogP contribution in [0, 0.1) is 13.8 Å². The lowest BCUT2D eigenvalue weighted by atomic mass is 10.1. The van der Waals surface area contributed by atoms with Gasteiger partial charge in [0.15, 0.2) is 0 Å². The summed E-state index contributed by atoms with van der Waals surface area (Å²) in [5, 5.41) is 4.03. The second kappa shape index (κ2) is 6.45. The fraction of sp³-hybridized carbons (Fsp3) is 0.667. The standard InChI is InChI=1S/C12H17F3N2OS/c1-4-19-7-5-6-17-9(3)10(8(2)16-17)11(18)12(13,14)15/h4-7H2,1-3H3. The van der Waals surface area contributed by atoms with Crippen LogP contribution < -0.4 is 0 Å². The molecule has 0 atom stereocenters. The Balaban J connectivity index is 2.86. The van der Waals surface area contributed by atoms with Gasteiger partial charge in [-0.15, -0.1) is 0 Å². The molecule has 1 heterocycles. The molecule has 0 amide bonds. The van der Waals surface area contributed by atoms with Gasteiger partial charge in [-0.1, -0.05) is 6.92 Å². The van der Waals surface area contributed by atoms with Crippen molar-refractivity contribution in [3.05, 3.63) is 17.0 Å². The Labute approximate surface area is 114 Å². The number of nitrogens with zero attached hydrogens (tertiary/aromatic N) is 2. The Morgan fingerprint density at radius 1 is 1.37 bits per heavy atom. The fourth-order valence-electron chi connectivity index (χ4n) is 1.85. The van der Waals surface area contributed by atoms with E-state index in [1.165, 1.54) is 18.5 Å². The average molecular weight is 294 g/mol. The molecule has 19 heavy (non-hydrogen) atoms. The normalized spacial score (nSPS) is 11.9. The predicted molar refractivity (Wildman–Crippen MR) is 69.7 cm³/mol. The van der Waals surface area contributed by atoms with Crippen molar-refractivity contribution in [2.75, 3.05) is 11.5 Å². The molecular weight excluding hydrogens is 277 g/mol. The van der Waals surface area contributed by atoms with E-state index < -0.39 is 12.0 Å². The first-order chi connectivity index (χ1) is 8.79. The molecule has 3 nitrogen and oxygen atoms in total. The molecule has 7 heteroatoms. The van der Waals surface area contributed by atoms with E-state index in [0.717, 1.165) is 17.9 Å². The van der Waals surface area contributed by atoms with Crippen molar-refractivity contribution in [3.63, 3.8) is 0 Å². The van der Waals surface area contributed by atoms with Crippen molar-refractivity contribution < 1.29 is 18.0 Å². The molecule has 0 saturated carbocycles. The average Bonchev–Trinajstić information content (AvgIpc) is 2.58. The lowest BCUT2D eigenvalue weighted by molar-refractivity contribution is -0.0886. The minimum Gasteiger partial charge on any atom is -0.284 e. The van der Waals surface area contributed by atoms with Crippen LogP contribution in [0.1, 0.15) is 35.1 Å². The zero-order valence-electron chi connectivity index (χ0n) is 11.2. The van der Waals surface area contributed by atoms with Gasteiger partial charge >= 0.3 is 6.18 Å². The summed E-state index contributed by atoms with van der Waals surface area (Å²) in [6, 6.07) is 0. The molecule has 0 unspecified atom stereocenters. The molecule has 0 aliphatic heterocycles. The van der Waals surface area contributed by atoms with Crippen LogP contribution in [0.2, 0.25) is 0 Å². The zero-order valence-corrected chi connectivity index (χ0v) is 12.0. The molecule has 108 valence electrons. The number of carbonyl (C=O) groups excluding carboxylic acids is 1. The smallest absolute Gasteiger partial charge is 0.284 e. The van der Waals surface area contributed by atoms with E-state index in [1.54, 1.807) is 11.8 Å².